The predicted octanol–water partition coefficient (Wildman–Crippen LogP) is 2.68. The smallest absolute Gasteiger partial charge is 0.271 e. The van der Waals surface area contributed by atoms with Gasteiger partial charge in [0.05, 0.1) is 17.4 Å². The lowest BCUT2D eigenvalue weighted by atomic mass is 9.81. The number of thiophene rings is 1. The van der Waals surface area contributed by atoms with Gasteiger partial charge >= 0.3 is 0 Å². The summed E-state index contributed by atoms with van der Waals surface area (Å²) in [5, 5.41) is 2.72. The van der Waals surface area contributed by atoms with Crippen LogP contribution < -0.4 is 5.43 Å². The number of hydrogen-bond donors (Lipinski definition) is 1. The molecule has 24 heavy (non-hydrogen) atoms. The molecule has 5 nitrogen and oxygen atoms in total. The Labute approximate surface area is 144 Å². The number of fused-ring (bicyclic) bond motifs is 5. The number of allylic oxidation sites excluding steroid dienone is 2. The topological polar surface area (TPSA) is 66.5 Å². The van der Waals surface area contributed by atoms with Crippen molar-refractivity contribution in [3.63, 3.8) is 0 Å². The summed E-state index contributed by atoms with van der Waals surface area (Å²) >= 11 is 1.47. The summed E-state index contributed by atoms with van der Waals surface area (Å²) in [6.07, 6.45) is 1.94. The molecule has 2 aliphatic carbocycles. The van der Waals surface area contributed by atoms with E-state index in [2.05, 4.69) is 19.3 Å². The molecule has 3 aliphatic rings. The number of nitrogens with zero attached hydrogens (tertiary/aromatic N) is 1. The Morgan fingerprint density at radius 3 is 2.21 bits per heavy atom. The number of aryl methyl sites for hydroxylation is 1. The number of imide groups is 1. The summed E-state index contributed by atoms with van der Waals surface area (Å²) in [6.45, 7) is 6.04. The Morgan fingerprint density at radius 2 is 1.75 bits per heavy atom. The number of carbonyl (C=O) groups excluding carboxylic acids is 3. The molecule has 0 unspecified atom stereocenters. The molecule has 2 bridgehead atoms. The van der Waals surface area contributed by atoms with Crippen LogP contribution in [0.25, 0.3) is 0 Å². The molecule has 1 aliphatic heterocycles. The highest BCUT2D eigenvalue weighted by Crippen LogP contribution is 2.59. The molecule has 1 saturated heterocycles. The SMILES string of the molecule is CC(C)=C1[C@H]2CC[C@H]1[C@H]1C(=O)N(NC(=O)c3csc(C)c3)C(=O)[C@H]12. The highest BCUT2D eigenvalue weighted by atomic mass is 32.1. The van der Waals surface area contributed by atoms with E-state index in [1.807, 2.05) is 6.92 Å². The fourth-order valence-electron chi connectivity index (χ4n) is 4.83. The van der Waals surface area contributed by atoms with Crippen LogP contribution in [-0.4, -0.2) is 22.7 Å². The predicted molar refractivity (Wildman–Crippen MR) is 89.9 cm³/mol. The first-order valence-corrected chi connectivity index (χ1v) is 9.19. The number of rotatable bonds is 2. The van der Waals surface area contributed by atoms with E-state index in [9.17, 15) is 14.4 Å². The zero-order chi connectivity index (χ0) is 17.2. The Kier molecular flexibility index (Phi) is 3.42. The van der Waals surface area contributed by atoms with Crippen LogP contribution in [0, 0.1) is 30.6 Å². The third kappa shape index (κ3) is 2.02. The molecule has 126 valence electrons. The van der Waals surface area contributed by atoms with Crippen LogP contribution in [0.5, 0.6) is 0 Å². The van der Waals surface area contributed by atoms with E-state index in [0.29, 0.717) is 5.56 Å². The number of hydrogen-bond acceptors (Lipinski definition) is 4. The lowest BCUT2D eigenvalue weighted by Crippen LogP contribution is -2.47. The maximum Gasteiger partial charge on any atom is 0.271 e. The molecule has 0 radical (unpaired) electrons. The van der Waals surface area contributed by atoms with Crippen molar-refractivity contribution in [1.82, 2.24) is 10.4 Å². The van der Waals surface area contributed by atoms with Crippen LogP contribution >= 0.6 is 11.3 Å². The van der Waals surface area contributed by atoms with E-state index in [0.717, 1.165) is 22.7 Å². The summed E-state index contributed by atoms with van der Waals surface area (Å²) in [5.41, 5.74) is 5.57. The van der Waals surface area contributed by atoms with E-state index >= 15 is 0 Å². The third-order valence-corrected chi connectivity index (χ3v) is 6.50. The third-order valence-electron chi connectivity index (χ3n) is 5.64. The Morgan fingerprint density at radius 1 is 1.17 bits per heavy atom. The zero-order valence-corrected chi connectivity index (χ0v) is 14.8. The average Bonchev–Trinajstić information content (AvgIpc) is 3.26. The number of nitrogens with one attached hydrogen (secondary N) is 1. The van der Waals surface area contributed by atoms with Gasteiger partial charge in [0.15, 0.2) is 0 Å². The highest BCUT2D eigenvalue weighted by Gasteiger charge is 2.63. The maximum absolute atomic E-state index is 12.8. The average molecular weight is 344 g/mol. The second kappa shape index (κ2) is 5.28. The van der Waals surface area contributed by atoms with Gasteiger partial charge in [-0.25, -0.2) is 0 Å². The van der Waals surface area contributed by atoms with E-state index < -0.39 is 5.91 Å². The van der Waals surface area contributed by atoms with Crippen molar-refractivity contribution in [3.05, 3.63) is 33.0 Å². The van der Waals surface area contributed by atoms with Gasteiger partial charge in [-0.2, -0.15) is 5.01 Å². The first-order valence-electron chi connectivity index (χ1n) is 8.31. The van der Waals surface area contributed by atoms with Crippen LogP contribution in [0.1, 0.15) is 41.9 Å². The fourth-order valence-corrected chi connectivity index (χ4v) is 5.51. The van der Waals surface area contributed by atoms with Gasteiger partial charge in [0.1, 0.15) is 0 Å². The molecule has 6 heteroatoms. The first-order chi connectivity index (χ1) is 11.4. The Bertz CT molecular complexity index is 758. The minimum Gasteiger partial charge on any atom is -0.272 e. The van der Waals surface area contributed by atoms with Crippen molar-refractivity contribution in [3.8, 4) is 0 Å². The van der Waals surface area contributed by atoms with Gasteiger partial charge in [-0.15, -0.1) is 11.3 Å². The zero-order valence-electron chi connectivity index (χ0n) is 14.0. The molecular formula is C18H20N2O3S. The summed E-state index contributed by atoms with van der Waals surface area (Å²) < 4.78 is 0. The van der Waals surface area contributed by atoms with Gasteiger partial charge in [-0.05, 0) is 51.5 Å². The van der Waals surface area contributed by atoms with Crippen molar-refractivity contribution < 1.29 is 14.4 Å². The molecule has 1 aromatic heterocycles. The molecule has 0 aromatic carbocycles. The van der Waals surface area contributed by atoms with E-state index in [-0.39, 0.29) is 35.5 Å². The van der Waals surface area contributed by atoms with Crippen LogP contribution in [-0.2, 0) is 9.59 Å². The van der Waals surface area contributed by atoms with Crippen molar-refractivity contribution in [1.29, 1.82) is 0 Å². The molecule has 3 amide bonds. The van der Waals surface area contributed by atoms with Gasteiger partial charge in [0, 0.05) is 10.3 Å². The summed E-state index contributed by atoms with van der Waals surface area (Å²) in [4.78, 5) is 38.9. The van der Waals surface area contributed by atoms with Crippen LogP contribution in [0.3, 0.4) is 0 Å². The fraction of sp³-hybridized carbons (Fsp3) is 0.500. The molecule has 4 rings (SSSR count). The lowest BCUT2D eigenvalue weighted by Gasteiger charge is -2.19. The van der Waals surface area contributed by atoms with Crippen LogP contribution in [0.15, 0.2) is 22.6 Å². The molecule has 4 atom stereocenters. The van der Waals surface area contributed by atoms with Crippen molar-refractivity contribution >= 4 is 29.1 Å². The maximum atomic E-state index is 12.8. The Balaban J connectivity index is 1.59. The number of amides is 3. The molecular weight excluding hydrogens is 324 g/mol. The van der Waals surface area contributed by atoms with Gasteiger partial charge in [-0.3, -0.25) is 19.8 Å². The minimum atomic E-state index is -0.393. The lowest BCUT2D eigenvalue weighted by molar-refractivity contribution is -0.143. The largest absolute Gasteiger partial charge is 0.272 e. The van der Waals surface area contributed by atoms with Gasteiger partial charge in [-0.1, -0.05) is 11.1 Å². The van der Waals surface area contributed by atoms with Gasteiger partial charge in [0.25, 0.3) is 17.7 Å². The molecule has 3 fully saturated rings. The van der Waals surface area contributed by atoms with Crippen LogP contribution in [0.4, 0.5) is 0 Å². The molecule has 0 spiro atoms. The summed E-state index contributed by atoms with van der Waals surface area (Å²) in [5.74, 6) is -1.10. The second-order valence-electron chi connectivity index (χ2n) is 7.20. The van der Waals surface area contributed by atoms with E-state index in [4.69, 9.17) is 0 Å². The first kappa shape index (κ1) is 15.6. The monoisotopic (exact) mass is 344 g/mol. The number of hydrazine groups is 1. The standard InChI is InChI=1S/C18H20N2O3S/c1-8(2)13-11-4-5-12(13)15-14(11)17(22)20(18(15)23)19-16(21)10-6-9(3)24-7-10/h6-7,11-12,14-15H,4-5H2,1-3H3,(H,19,21)/t11-,12-,14-,15+/m1/s1. The van der Waals surface area contributed by atoms with Crippen LogP contribution in [0.2, 0.25) is 0 Å². The van der Waals surface area contributed by atoms with Gasteiger partial charge < -0.3 is 0 Å². The molecule has 1 aromatic rings. The van der Waals surface area contributed by atoms with E-state index in [1.165, 1.54) is 22.5 Å². The molecule has 2 saturated carbocycles. The summed E-state index contributed by atoms with van der Waals surface area (Å²) in [6, 6.07) is 1.76. The molecule has 2 heterocycles. The normalized spacial score (nSPS) is 31.0. The second-order valence-corrected chi connectivity index (χ2v) is 8.31. The number of carbonyl (C=O) groups is 3. The van der Waals surface area contributed by atoms with E-state index in [1.54, 1.807) is 11.4 Å². The Hall–Kier alpha value is -1.95. The molecule has 1 N–H and O–H groups in total. The highest BCUT2D eigenvalue weighted by molar-refractivity contribution is 7.10. The minimum absolute atomic E-state index is 0.173. The van der Waals surface area contributed by atoms with Crippen molar-refractivity contribution in [2.24, 2.45) is 23.7 Å². The quantitative estimate of drug-likeness (QED) is 0.662. The van der Waals surface area contributed by atoms with Crippen molar-refractivity contribution in [2.75, 3.05) is 0 Å². The van der Waals surface area contributed by atoms with Crippen molar-refractivity contribution in [2.45, 2.75) is 33.6 Å². The van der Waals surface area contributed by atoms with Gasteiger partial charge in [0.2, 0.25) is 0 Å². The summed E-state index contributed by atoms with van der Waals surface area (Å²) in [7, 11) is 0.